The second-order valence-corrected chi connectivity index (χ2v) is 26.4. The van der Waals surface area contributed by atoms with Gasteiger partial charge in [0, 0.05) is 16.6 Å². The SMILES string of the molecule is C/C=C(/C)C(=O)O[C@@H]1[C@@H](OC(=O)/C(C)=C\C)[C@@]2(CO)[C@H](CC1(C)C)C1=CC[C@H]3[C@@]4(C)CC[C@@H](O[C@H]5O[C@H](C(=O)O)[C@H](O)[C@H](O[C@@H]6O[C@@H](C)[C@@H](O)[C@@H](O)[C@@H]6O)[C@H]5O[C@H]5O[C@H](CO)[C@@H](O)[C@H](O)[C@H]5O)C(C)(C)[C@@H]4CC[C@]3(C)[C@]1(C)C[C@@H]2O. The van der Waals surface area contributed by atoms with Crippen LogP contribution in [0, 0.1) is 50.2 Å². The summed E-state index contributed by atoms with van der Waals surface area (Å²) in [6.45, 7) is 21.6. The molecular weight excluding hydrogens is 1050 g/mol. The van der Waals surface area contributed by atoms with Crippen LogP contribution in [0.25, 0.3) is 0 Å². The lowest BCUT2D eigenvalue weighted by molar-refractivity contribution is -0.395. The fourth-order valence-corrected chi connectivity index (χ4v) is 16.3. The molecule has 22 heteroatoms. The van der Waals surface area contributed by atoms with E-state index in [1.165, 1.54) is 6.92 Å². The van der Waals surface area contributed by atoms with E-state index < -0.39 is 186 Å². The molecule has 3 aliphatic heterocycles. The molecule has 0 amide bonds. The van der Waals surface area contributed by atoms with E-state index >= 15 is 0 Å². The average molecular weight is 1140 g/mol. The molecule has 454 valence electrons. The highest BCUT2D eigenvalue weighted by molar-refractivity contribution is 5.89. The number of aliphatic carboxylic acids is 1. The minimum absolute atomic E-state index is 0.0207. The highest BCUT2D eigenvalue weighted by atomic mass is 16.8. The van der Waals surface area contributed by atoms with Crippen molar-refractivity contribution in [3.8, 4) is 0 Å². The van der Waals surface area contributed by atoms with Crippen LogP contribution in [-0.4, -0.2) is 204 Å². The zero-order valence-electron chi connectivity index (χ0n) is 48.2. The lowest BCUT2D eigenvalue weighted by Crippen LogP contribution is -2.72. The Bertz CT molecular complexity index is 2390. The summed E-state index contributed by atoms with van der Waals surface area (Å²) in [7, 11) is 0. The number of ether oxygens (including phenoxy) is 8. The molecule has 7 fully saturated rings. The molecule has 11 N–H and O–H groups in total. The third-order valence-electron chi connectivity index (χ3n) is 21.6. The molecule has 8 aliphatic rings. The minimum Gasteiger partial charge on any atom is -0.479 e. The van der Waals surface area contributed by atoms with Gasteiger partial charge in [0.1, 0.15) is 67.1 Å². The number of allylic oxidation sites excluding steroid dienone is 4. The number of esters is 2. The second-order valence-electron chi connectivity index (χ2n) is 26.4. The van der Waals surface area contributed by atoms with Gasteiger partial charge >= 0.3 is 17.9 Å². The van der Waals surface area contributed by atoms with E-state index in [9.17, 15) is 70.6 Å². The van der Waals surface area contributed by atoms with E-state index in [0.29, 0.717) is 49.7 Å². The summed E-state index contributed by atoms with van der Waals surface area (Å²) in [5.41, 5.74) is -2.72. The fourth-order valence-electron chi connectivity index (χ4n) is 16.3. The van der Waals surface area contributed by atoms with E-state index in [1.807, 2.05) is 13.8 Å². The number of carbonyl (C=O) groups is 3. The molecule has 0 aromatic heterocycles. The van der Waals surface area contributed by atoms with Crippen LogP contribution in [-0.2, 0) is 52.3 Å². The van der Waals surface area contributed by atoms with E-state index in [-0.39, 0.29) is 18.3 Å². The van der Waals surface area contributed by atoms with Crippen molar-refractivity contribution >= 4 is 17.9 Å². The Hall–Kier alpha value is -3.01. The van der Waals surface area contributed by atoms with Gasteiger partial charge in [0.25, 0.3) is 0 Å². The number of rotatable bonds is 13. The Morgan fingerprint density at radius 3 is 1.81 bits per heavy atom. The van der Waals surface area contributed by atoms with Crippen molar-refractivity contribution in [1.29, 1.82) is 0 Å². The summed E-state index contributed by atoms with van der Waals surface area (Å²) in [4.78, 5) is 40.4. The fraction of sp³-hybridized carbons (Fsp3) is 0.845. The van der Waals surface area contributed by atoms with Crippen molar-refractivity contribution in [1.82, 2.24) is 0 Å². The van der Waals surface area contributed by atoms with E-state index in [0.717, 1.165) is 5.57 Å². The second kappa shape index (κ2) is 22.8. The Morgan fingerprint density at radius 2 is 1.24 bits per heavy atom. The van der Waals surface area contributed by atoms with Gasteiger partial charge in [-0.05, 0) is 119 Å². The molecule has 3 saturated heterocycles. The van der Waals surface area contributed by atoms with Crippen molar-refractivity contribution in [3.05, 3.63) is 34.9 Å². The quantitative estimate of drug-likeness (QED) is 0.0541. The first-order valence-electron chi connectivity index (χ1n) is 28.5. The van der Waals surface area contributed by atoms with E-state index in [4.69, 9.17) is 37.9 Å². The monoisotopic (exact) mass is 1140 g/mol. The van der Waals surface area contributed by atoms with Gasteiger partial charge < -0.3 is 94.1 Å². The number of aliphatic hydroxyl groups excluding tert-OH is 10. The molecule has 0 radical (unpaired) electrons. The van der Waals surface area contributed by atoms with Crippen LogP contribution < -0.4 is 0 Å². The molecule has 0 spiro atoms. The Kier molecular flexibility index (Phi) is 17.9. The largest absolute Gasteiger partial charge is 0.479 e. The third kappa shape index (κ3) is 10.1. The molecule has 0 unspecified atom stereocenters. The van der Waals surface area contributed by atoms with Crippen LogP contribution >= 0.6 is 0 Å². The van der Waals surface area contributed by atoms with Crippen LogP contribution in [0.3, 0.4) is 0 Å². The lowest BCUT2D eigenvalue weighted by Gasteiger charge is -2.72. The molecule has 26 atom stereocenters. The first-order chi connectivity index (χ1) is 37.3. The summed E-state index contributed by atoms with van der Waals surface area (Å²) in [6.07, 6.45) is -21.9. The number of carboxylic acids is 1. The summed E-state index contributed by atoms with van der Waals surface area (Å²) in [5, 5.41) is 122. The maximum Gasteiger partial charge on any atom is 0.335 e. The summed E-state index contributed by atoms with van der Waals surface area (Å²) < 4.78 is 49.5. The first-order valence-corrected chi connectivity index (χ1v) is 28.5. The van der Waals surface area contributed by atoms with E-state index in [2.05, 4.69) is 40.7 Å². The lowest BCUT2D eigenvalue weighted by atomic mass is 9.33. The molecule has 3 heterocycles. The van der Waals surface area contributed by atoms with Gasteiger partial charge in [-0.25, -0.2) is 14.4 Å². The number of fused-ring (bicyclic) bond motifs is 7. The van der Waals surface area contributed by atoms with Crippen LogP contribution in [0.15, 0.2) is 34.9 Å². The molecule has 0 bridgehead atoms. The van der Waals surface area contributed by atoms with Gasteiger partial charge in [-0.3, -0.25) is 0 Å². The summed E-state index contributed by atoms with van der Waals surface area (Å²) >= 11 is 0. The Morgan fingerprint density at radius 1 is 0.662 bits per heavy atom. The van der Waals surface area contributed by atoms with Gasteiger partial charge in [-0.15, -0.1) is 0 Å². The number of carboxylic acid groups (broad SMARTS) is 1. The molecule has 4 saturated carbocycles. The smallest absolute Gasteiger partial charge is 0.335 e. The van der Waals surface area contributed by atoms with Crippen molar-refractivity contribution in [3.63, 3.8) is 0 Å². The molecule has 8 rings (SSSR count). The third-order valence-corrected chi connectivity index (χ3v) is 21.6. The van der Waals surface area contributed by atoms with E-state index in [1.54, 1.807) is 39.8 Å². The Labute approximate surface area is 468 Å². The van der Waals surface area contributed by atoms with Crippen molar-refractivity contribution in [2.45, 2.75) is 245 Å². The van der Waals surface area contributed by atoms with Gasteiger partial charge in [0.15, 0.2) is 31.1 Å². The van der Waals surface area contributed by atoms with Crippen LogP contribution in [0.1, 0.15) is 128 Å². The zero-order valence-corrected chi connectivity index (χ0v) is 48.2. The molecule has 0 aromatic rings. The number of aliphatic hydroxyl groups is 10. The van der Waals surface area contributed by atoms with Crippen LogP contribution in [0.5, 0.6) is 0 Å². The zero-order chi connectivity index (χ0) is 59.3. The maximum atomic E-state index is 13.8. The summed E-state index contributed by atoms with van der Waals surface area (Å²) in [6, 6.07) is 0. The molecule has 0 aromatic carbocycles. The molecular formula is C58H90O22. The normalized spacial score (nSPS) is 49.2. The van der Waals surface area contributed by atoms with Crippen molar-refractivity contribution in [2.24, 2.45) is 50.2 Å². The molecule has 5 aliphatic carbocycles. The minimum atomic E-state index is -2.11. The van der Waals surface area contributed by atoms with Gasteiger partial charge in [0.05, 0.1) is 36.9 Å². The van der Waals surface area contributed by atoms with Crippen molar-refractivity contribution in [2.75, 3.05) is 13.2 Å². The average Bonchev–Trinajstić information content (AvgIpc) is 1.97. The number of carbonyl (C=O) groups excluding carboxylic acids is 2. The molecule has 22 nitrogen and oxygen atoms in total. The first kappa shape index (κ1) is 63.0. The van der Waals surface area contributed by atoms with Gasteiger partial charge in [-0.2, -0.15) is 0 Å². The highest BCUT2D eigenvalue weighted by Crippen LogP contribution is 2.76. The number of hydrogen-bond acceptors (Lipinski definition) is 21. The predicted molar refractivity (Wildman–Crippen MR) is 280 cm³/mol. The Balaban J connectivity index is 1.13. The summed E-state index contributed by atoms with van der Waals surface area (Å²) in [5.74, 6) is -3.41. The topological polar surface area (TPSA) is 348 Å². The highest BCUT2D eigenvalue weighted by Gasteiger charge is 2.74. The number of hydrogen-bond donors (Lipinski definition) is 11. The van der Waals surface area contributed by atoms with Gasteiger partial charge in [0.2, 0.25) is 0 Å². The van der Waals surface area contributed by atoms with Gasteiger partial charge in [-0.1, -0.05) is 72.3 Å². The van der Waals surface area contributed by atoms with Crippen LogP contribution in [0.4, 0.5) is 0 Å². The predicted octanol–water partition coefficient (Wildman–Crippen LogP) is 1.68. The standard InChI is InChI=1S/C58H90O22/c1-13-25(3)48(71)79-45-46(80-49(72)26(4)14-2)58(24-60)29(21-53(45,6)7)28-15-16-32-55(10)19-18-34(54(8,9)31(55)17-20-56(32,11)57(28,12)22-33(58)61)75-52-44(78-51-40(67)38(65)36(63)30(23-59)74-51)42(41(68)43(77-52)47(69)70)76-50-39(66)37(64)35(62)27(5)73-50/h13-15,27,29-46,50-52,59-68H,16-24H2,1-12H3,(H,69,70)/b25-13-,26-14-/t27-,29+,30+,31-,32-,33-,34+,35+,36+,37+,38-,39-,40+,41+,42-,43-,44+,45+,46+,50-,51+,52-,55-,56-,57+,58-/m0/s1. The molecule has 80 heavy (non-hydrogen) atoms. The van der Waals surface area contributed by atoms with Crippen molar-refractivity contribution < 1.29 is 108 Å². The maximum absolute atomic E-state index is 13.8. The van der Waals surface area contributed by atoms with Crippen LogP contribution in [0.2, 0.25) is 0 Å².